The summed E-state index contributed by atoms with van der Waals surface area (Å²) in [6.07, 6.45) is 1.71. The number of nitrogens with zero attached hydrogens (tertiary/aromatic N) is 2. The molecule has 4 heteroatoms. The van der Waals surface area contributed by atoms with Crippen LogP contribution < -0.4 is 10.5 Å². The molecule has 2 rings (SSSR count). The molecule has 0 saturated carbocycles. The predicted molar refractivity (Wildman–Crippen MR) is 64.1 cm³/mol. The number of nitriles is 1. The largest absolute Gasteiger partial charge is 0.485 e. The molecular weight excluding hydrogens is 214 g/mol. The van der Waals surface area contributed by atoms with Gasteiger partial charge in [-0.3, -0.25) is 4.98 Å². The Morgan fingerprint density at radius 1 is 1.29 bits per heavy atom. The molecule has 1 aromatic heterocycles. The third kappa shape index (κ3) is 2.73. The van der Waals surface area contributed by atoms with Crippen LogP contribution in [0.15, 0.2) is 42.6 Å². The zero-order valence-corrected chi connectivity index (χ0v) is 9.13. The number of ether oxygens (including phenoxy) is 1. The van der Waals surface area contributed by atoms with Gasteiger partial charge in [0, 0.05) is 6.20 Å². The molecule has 17 heavy (non-hydrogen) atoms. The van der Waals surface area contributed by atoms with E-state index in [1.807, 2.05) is 24.3 Å². The third-order valence-electron chi connectivity index (χ3n) is 2.24. The minimum atomic E-state index is 0.358. The highest BCUT2D eigenvalue weighted by Crippen LogP contribution is 2.22. The van der Waals surface area contributed by atoms with Crippen molar-refractivity contribution in [3.8, 4) is 11.8 Å². The normalized spacial score (nSPS) is 9.59. The SMILES string of the molecule is N#Cc1ccc(OCc2ccccn2)c(N)c1. The van der Waals surface area contributed by atoms with Gasteiger partial charge in [0.25, 0.3) is 0 Å². The lowest BCUT2D eigenvalue weighted by atomic mass is 10.2. The van der Waals surface area contributed by atoms with Crippen LogP contribution in [-0.4, -0.2) is 4.98 Å². The van der Waals surface area contributed by atoms with E-state index in [0.29, 0.717) is 23.6 Å². The van der Waals surface area contributed by atoms with Crippen LogP contribution in [0.3, 0.4) is 0 Å². The van der Waals surface area contributed by atoms with E-state index < -0.39 is 0 Å². The van der Waals surface area contributed by atoms with Crippen molar-refractivity contribution >= 4 is 5.69 Å². The van der Waals surface area contributed by atoms with E-state index in [1.54, 1.807) is 24.4 Å². The molecule has 0 amide bonds. The summed E-state index contributed by atoms with van der Waals surface area (Å²) in [6, 6.07) is 12.6. The number of rotatable bonds is 3. The van der Waals surface area contributed by atoms with Crippen molar-refractivity contribution in [2.24, 2.45) is 0 Å². The Labute approximate surface area is 99.3 Å². The Morgan fingerprint density at radius 3 is 2.82 bits per heavy atom. The third-order valence-corrected chi connectivity index (χ3v) is 2.24. The van der Waals surface area contributed by atoms with Crippen molar-refractivity contribution in [3.63, 3.8) is 0 Å². The first-order valence-corrected chi connectivity index (χ1v) is 5.12. The topological polar surface area (TPSA) is 71.9 Å². The van der Waals surface area contributed by atoms with E-state index >= 15 is 0 Å². The summed E-state index contributed by atoms with van der Waals surface area (Å²) in [5.74, 6) is 0.564. The highest BCUT2D eigenvalue weighted by molar-refractivity contribution is 5.56. The smallest absolute Gasteiger partial charge is 0.142 e. The molecule has 0 aliphatic heterocycles. The van der Waals surface area contributed by atoms with Crippen molar-refractivity contribution in [1.82, 2.24) is 4.98 Å². The van der Waals surface area contributed by atoms with E-state index in [9.17, 15) is 0 Å². The number of benzene rings is 1. The Kier molecular flexibility index (Phi) is 3.22. The molecule has 0 unspecified atom stereocenters. The Bertz CT molecular complexity index is 546. The average Bonchev–Trinajstić information content (AvgIpc) is 2.38. The van der Waals surface area contributed by atoms with Gasteiger partial charge < -0.3 is 10.5 Å². The number of hydrogen-bond donors (Lipinski definition) is 1. The number of pyridine rings is 1. The molecule has 2 aromatic rings. The first-order chi connectivity index (χ1) is 8.29. The van der Waals surface area contributed by atoms with Gasteiger partial charge in [-0.05, 0) is 30.3 Å². The second-order valence-corrected chi connectivity index (χ2v) is 3.47. The maximum absolute atomic E-state index is 8.70. The monoisotopic (exact) mass is 225 g/mol. The summed E-state index contributed by atoms with van der Waals surface area (Å²) in [5, 5.41) is 8.70. The molecule has 0 aliphatic carbocycles. The molecule has 0 aliphatic rings. The number of aromatic nitrogens is 1. The predicted octanol–water partition coefficient (Wildman–Crippen LogP) is 2.11. The first kappa shape index (κ1) is 11.0. The fourth-order valence-corrected chi connectivity index (χ4v) is 1.38. The van der Waals surface area contributed by atoms with Gasteiger partial charge in [0.15, 0.2) is 0 Å². The van der Waals surface area contributed by atoms with Crippen molar-refractivity contribution < 1.29 is 4.74 Å². The lowest BCUT2D eigenvalue weighted by molar-refractivity contribution is 0.303. The lowest BCUT2D eigenvalue weighted by Gasteiger charge is -2.08. The maximum Gasteiger partial charge on any atom is 0.142 e. The van der Waals surface area contributed by atoms with Crippen LogP contribution >= 0.6 is 0 Å². The molecular formula is C13H11N3O. The van der Waals surface area contributed by atoms with Gasteiger partial charge in [-0.1, -0.05) is 6.07 Å². The molecule has 0 spiro atoms. The lowest BCUT2D eigenvalue weighted by Crippen LogP contribution is -2.00. The minimum Gasteiger partial charge on any atom is -0.485 e. The van der Waals surface area contributed by atoms with Gasteiger partial charge in [0.05, 0.1) is 23.0 Å². The number of nitrogens with two attached hydrogens (primary N) is 1. The van der Waals surface area contributed by atoms with E-state index in [0.717, 1.165) is 5.69 Å². The highest BCUT2D eigenvalue weighted by Gasteiger charge is 2.02. The van der Waals surface area contributed by atoms with Crippen LogP contribution in [0.5, 0.6) is 5.75 Å². The molecule has 0 bridgehead atoms. The van der Waals surface area contributed by atoms with Gasteiger partial charge in [0.2, 0.25) is 0 Å². The number of hydrogen-bond acceptors (Lipinski definition) is 4. The van der Waals surface area contributed by atoms with Gasteiger partial charge >= 0.3 is 0 Å². The van der Waals surface area contributed by atoms with Crippen LogP contribution in [-0.2, 0) is 6.61 Å². The summed E-state index contributed by atoms with van der Waals surface area (Å²) in [7, 11) is 0. The quantitative estimate of drug-likeness (QED) is 0.812. The van der Waals surface area contributed by atoms with Crippen LogP contribution in [0, 0.1) is 11.3 Å². The minimum absolute atomic E-state index is 0.358. The molecule has 0 radical (unpaired) electrons. The Hall–Kier alpha value is -2.54. The summed E-state index contributed by atoms with van der Waals surface area (Å²) >= 11 is 0. The van der Waals surface area contributed by atoms with Crippen molar-refractivity contribution in [3.05, 3.63) is 53.9 Å². The number of nitrogen functional groups attached to an aromatic ring is 1. The average molecular weight is 225 g/mol. The molecule has 1 aromatic carbocycles. The van der Waals surface area contributed by atoms with Gasteiger partial charge in [-0.25, -0.2) is 0 Å². The van der Waals surface area contributed by atoms with E-state index in [2.05, 4.69) is 4.98 Å². The molecule has 84 valence electrons. The maximum atomic E-state index is 8.70. The molecule has 1 heterocycles. The molecule has 4 nitrogen and oxygen atoms in total. The van der Waals surface area contributed by atoms with Gasteiger partial charge in [-0.2, -0.15) is 5.26 Å². The second kappa shape index (κ2) is 4.99. The Balaban J connectivity index is 2.08. The summed E-state index contributed by atoms with van der Waals surface area (Å²) in [5.41, 5.74) is 7.57. The summed E-state index contributed by atoms with van der Waals surface area (Å²) in [4.78, 5) is 4.14. The van der Waals surface area contributed by atoms with E-state index in [-0.39, 0.29) is 0 Å². The van der Waals surface area contributed by atoms with E-state index in [4.69, 9.17) is 15.7 Å². The van der Waals surface area contributed by atoms with E-state index in [1.165, 1.54) is 0 Å². The van der Waals surface area contributed by atoms with Gasteiger partial charge in [0.1, 0.15) is 12.4 Å². The zero-order valence-electron chi connectivity index (χ0n) is 9.13. The summed E-state index contributed by atoms with van der Waals surface area (Å²) in [6.45, 7) is 0.358. The van der Waals surface area contributed by atoms with Crippen molar-refractivity contribution in [2.45, 2.75) is 6.61 Å². The van der Waals surface area contributed by atoms with Crippen molar-refractivity contribution in [2.75, 3.05) is 5.73 Å². The highest BCUT2D eigenvalue weighted by atomic mass is 16.5. The standard InChI is InChI=1S/C13H11N3O/c14-8-10-4-5-13(12(15)7-10)17-9-11-3-1-2-6-16-11/h1-7H,9,15H2. The van der Waals surface area contributed by atoms with Crippen LogP contribution in [0.25, 0.3) is 0 Å². The number of anilines is 1. The fraction of sp³-hybridized carbons (Fsp3) is 0.0769. The van der Waals surface area contributed by atoms with Crippen LogP contribution in [0.1, 0.15) is 11.3 Å². The summed E-state index contributed by atoms with van der Waals surface area (Å²) < 4.78 is 5.53. The first-order valence-electron chi connectivity index (χ1n) is 5.12. The molecule has 0 atom stereocenters. The molecule has 0 fully saturated rings. The zero-order chi connectivity index (χ0) is 12.1. The fourth-order valence-electron chi connectivity index (χ4n) is 1.38. The van der Waals surface area contributed by atoms with Gasteiger partial charge in [-0.15, -0.1) is 0 Å². The molecule has 0 saturated heterocycles. The van der Waals surface area contributed by atoms with Crippen LogP contribution in [0.2, 0.25) is 0 Å². The molecule has 2 N–H and O–H groups in total. The van der Waals surface area contributed by atoms with Crippen molar-refractivity contribution in [1.29, 1.82) is 5.26 Å². The Morgan fingerprint density at radius 2 is 2.18 bits per heavy atom. The second-order valence-electron chi connectivity index (χ2n) is 3.47. The van der Waals surface area contributed by atoms with Crippen LogP contribution in [0.4, 0.5) is 5.69 Å².